The summed E-state index contributed by atoms with van der Waals surface area (Å²) in [5.41, 5.74) is 0.938. The molecule has 1 aromatic carbocycles. The van der Waals surface area contributed by atoms with E-state index in [1.807, 2.05) is 19.1 Å². The normalized spacial score (nSPS) is 29.2. The van der Waals surface area contributed by atoms with Crippen LogP contribution in [0, 0.1) is 12.8 Å². The Morgan fingerprint density at radius 2 is 1.90 bits per heavy atom. The van der Waals surface area contributed by atoms with E-state index < -0.39 is 0 Å². The van der Waals surface area contributed by atoms with Crippen molar-refractivity contribution >= 4 is 23.2 Å². The molecule has 1 aromatic rings. The van der Waals surface area contributed by atoms with Gasteiger partial charge in [0.05, 0.1) is 16.7 Å². The number of nitrogens with one attached hydrogen (secondary N) is 1. The summed E-state index contributed by atoms with van der Waals surface area (Å²) in [7, 11) is 0. The first-order chi connectivity index (χ1) is 9.63. The standard InChI is InChI=1S/C16H21Cl2NO/c1-10-15(6-5-14(17)16(10)18)20-9-11-7-12-3-2-4-13(8-11)19-12/h5-6,11-13,19H,2-4,7-9H2,1H3/t11?,12-,13+. The van der Waals surface area contributed by atoms with Gasteiger partial charge < -0.3 is 10.1 Å². The second kappa shape index (κ2) is 6.13. The third kappa shape index (κ3) is 3.08. The minimum absolute atomic E-state index is 0.591. The van der Waals surface area contributed by atoms with E-state index in [2.05, 4.69) is 5.32 Å². The van der Waals surface area contributed by atoms with Gasteiger partial charge in [-0.25, -0.2) is 0 Å². The lowest BCUT2D eigenvalue weighted by Crippen LogP contribution is -2.49. The third-order valence-electron chi connectivity index (χ3n) is 4.58. The summed E-state index contributed by atoms with van der Waals surface area (Å²) in [6, 6.07) is 5.13. The van der Waals surface area contributed by atoms with Crippen LogP contribution in [0.2, 0.25) is 10.0 Å². The van der Waals surface area contributed by atoms with Crippen molar-refractivity contribution in [1.29, 1.82) is 0 Å². The molecule has 0 amide bonds. The Morgan fingerprint density at radius 1 is 1.20 bits per heavy atom. The first-order valence-corrected chi connectivity index (χ1v) is 8.22. The molecule has 2 bridgehead atoms. The number of fused-ring (bicyclic) bond motifs is 2. The van der Waals surface area contributed by atoms with Gasteiger partial charge in [0, 0.05) is 17.6 Å². The van der Waals surface area contributed by atoms with Crippen molar-refractivity contribution in [2.45, 2.75) is 51.1 Å². The van der Waals surface area contributed by atoms with Crippen molar-refractivity contribution in [3.8, 4) is 5.75 Å². The molecule has 0 aromatic heterocycles. The summed E-state index contributed by atoms with van der Waals surface area (Å²) >= 11 is 12.2. The van der Waals surface area contributed by atoms with Crippen molar-refractivity contribution < 1.29 is 4.74 Å². The SMILES string of the molecule is Cc1c(OCC2C[C@H]3CCC[C@@H](C2)N3)ccc(Cl)c1Cl. The van der Waals surface area contributed by atoms with Crippen LogP contribution in [0.25, 0.3) is 0 Å². The molecule has 1 N–H and O–H groups in total. The molecule has 3 rings (SSSR count). The van der Waals surface area contributed by atoms with E-state index in [9.17, 15) is 0 Å². The zero-order valence-electron chi connectivity index (χ0n) is 11.8. The first-order valence-electron chi connectivity index (χ1n) is 7.47. The van der Waals surface area contributed by atoms with Crippen molar-refractivity contribution in [1.82, 2.24) is 5.32 Å². The monoisotopic (exact) mass is 313 g/mol. The second-order valence-corrected chi connectivity index (χ2v) is 6.91. The predicted octanol–water partition coefficient (Wildman–Crippen LogP) is 4.60. The molecule has 0 radical (unpaired) electrons. The number of benzene rings is 1. The van der Waals surface area contributed by atoms with Gasteiger partial charge >= 0.3 is 0 Å². The average Bonchev–Trinajstić information content (AvgIpc) is 2.44. The Labute approximate surface area is 130 Å². The average molecular weight is 314 g/mol. The molecule has 0 saturated carbocycles. The van der Waals surface area contributed by atoms with E-state index in [0.717, 1.165) is 17.9 Å². The largest absolute Gasteiger partial charge is 0.493 e. The van der Waals surface area contributed by atoms with Crippen molar-refractivity contribution in [3.05, 3.63) is 27.7 Å². The summed E-state index contributed by atoms with van der Waals surface area (Å²) < 4.78 is 6.01. The van der Waals surface area contributed by atoms with E-state index in [4.69, 9.17) is 27.9 Å². The number of hydrogen-bond acceptors (Lipinski definition) is 2. The fourth-order valence-electron chi connectivity index (χ4n) is 3.52. The van der Waals surface area contributed by atoms with E-state index in [0.29, 0.717) is 28.0 Å². The molecule has 0 aliphatic carbocycles. The summed E-state index contributed by atoms with van der Waals surface area (Å²) in [5.74, 6) is 1.52. The van der Waals surface area contributed by atoms with E-state index in [1.54, 1.807) is 0 Å². The lowest BCUT2D eigenvalue weighted by molar-refractivity contribution is 0.136. The van der Waals surface area contributed by atoms with Crippen LogP contribution in [-0.2, 0) is 0 Å². The molecule has 2 saturated heterocycles. The number of rotatable bonds is 3. The van der Waals surface area contributed by atoms with Gasteiger partial charge in [0.1, 0.15) is 5.75 Å². The topological polar surface area (TPSA) is 21.3 Å². The second-order valence-electron chi connectivity index (χ2n) is 6.12. The highest BCUT2D eigenvalue weighted by Crippen LogP contribution is 2.34. The van der Waals surface area contributed by atoms with Crippen LogP contribution in [0.1, 0.15) is 37.7 Å². The van der Waals surface area contributed by atoms with Crippen molar-refractivity contribution in [3.63, 3.8) is 0 Å². The maximum atomic E-state index is 6.16. The van der Waals surface area contributed by atoms with E-state index in [1.165, 1.54) is 32.1 Å². The fourth-order valence-corrected chi connectivity index (χ4v) is 3.88. The van der Waals surface area contributed by atoms with Crippen LogP contribution >= 0.6 is 23.2 Å². The maximum absolute atomic E-state index is 6.16. The van der Waals surface area contributed by atoms with Crippen LogP contribution in [0.4, 0.5) is 0 Å². The molecule has 4 heteroatoms. The molecule has 2 nitrogen and oxygen atoms in total. The molecular formula is C16H21Cl2NO. The van der Waals surface area contributed by atoms with Crippen LogP contribution < -0.4 is 10.1 Å². The summed E-state index contributed by atoms with van der Waals surface area (Å²) in [6.45, 7) is 2.74. The molecule has 2 aliphatic rings. The zero-order valence-corrected chi connectivity index (χ0v) is 13.3. The highest BCUT2D eigenvalue weighted by Gasteiger charge is 2.31. The number of hydrogen-bond donors (Lipinski definition) is 1. The van der Waals surface area contributed by atoms with E-state index >= 15 is 0 Å². The van der Waals surface area contributed by atoms with Gasteiger partial charge in [0.2, 0.25) is 0 Å². The quantitative estimate of drug-likeness (QED) is 0.880. The van der Waals surface area contributed by atoms with Crippen LogP contribution in [0.5, 0.6) is 5.75 Å². The summed E-state index contributed by atoms with van der Waals surface area (Å²) in [4.78, 5) is 0. The Bertz CT molecular complexity index is 480. The minimum atomic E-state index is 0.591. The van der Waals surface area contributed by atoms with E-state index in [-0.39, 0.29) is 0 Å². The van der Waals surface area contributed by atoms with Gasteiger partial charge in [0.25, 0.3) is 0 Å². The van der Waals surface area contributed by atoms with Crippen LogP contribution in [0.15, 0.2) is 12.1 Å². The molecule has 110 valence electrons. The maximum Gasteiger partial charge on any atom is 0.123 e. The molecule has 20 heavy (non-hydrogen) atoms. The molecule has 2 aliphatic heterocycles. The molecule has 1 unspecified atom stereocenters. The van der Waals surface area contributed by atoms with Gasteiger partial charge in [-0.2, -0.15) is 0 Å². The lowest BCUT2D eigenvalue weighted by atomic mass is 9.81. The Morgan fingerprint density at radius 3 is 2.60 bits per heavy atom. The predicted molar refractivity (Wildman–Crippen MR) is 84.0 cm³/mol. The fraction of sp³-hybridized carbons (Fsp3) is 0.625. The van der Waals surface area contributed by atoms with Crippen molar-refractivity contribution in [2.24, 2.45) is 5.92 Å². The zero-order chi connectivity index (χ0) is 14.1. The molecule has 3 atom stereocenters. The highest BCUT2D eigenvalue weighted by molar-refractivity contribution is 6.42. The van der Waals surface area contributed by atoms with Gasteiger partial charge in [0.15, 0.2) is 0 Å². The van der Waals surface area contributed by atoms with Gasteiger partial charge in [-0.1, -0.05) is 29.6 Å². The summed E-state index contributed by atoms with van der Waals surface area (Å²) in [6.07, 6.45) is 6.48. The molecule has 0 spiro atoms. The Balaban J connectivity index is 1.61. The first kappa shape index (κ1) is 14.5. The van der Waals surface area contributed by atoms with Crippen molar-refractivity contribution in [2.75, 3.05) is 6.61 Å². The van der Waals surface area contributed by atoms with Crippen LogP contribution in [0.3, 0.4) is 0 Å². The van der Waals surface area contributed by atoms with Gasteiger partial charge in [-0.05, 0) is 50.7 Å². The van der Waals surface area contributed by atoms with Gasteiger partial charge in [-0.15, -0.1) is 0 Å². The van der Waals surface area contributed by atoms with Gasteiger partial charge in [-0.3, -0.25) is 0 Å². The third-order valence-corrected chi connectivity index (χ3v) is 5.48. The lowest BCUT2D eigenvalue weighted by Gasteiger charge is -2.40. The minimum Gasteiger partial charge on any atom is -0.493 e. The van der Waals surface area contributed by atoms with Crippen LogP contribution in [-0.4, -0.2) is 18.7 Å². The summed E-state index contributed by atoms with van der Waals surface area (Å²) in [5, 5.41) is 4.91. The number of halogens is 2. The highest BCUT2D eigenvalue weighted by atomic mass is 35.5. The Hall–Kier alpha value is -0.440. The molecule has 2 heterocycles. The number of piperidine rings is 2. The number of ether oxygens (including phenoxy) is 1. The molecule has 2 fully saturated rings. The Kier molecular flexibility index (Phi) is 4.44. The smallest absolute Gasteiger partial charge is 0.123 e. The molecular weight excluding hydrogens is 293 g/mol.